The zero-order chi connectivity index (χ0) is 13.5. The summed E-state index contributed by atoms with van der Waals surface area (Å²) in [4.78, 5) is 15.8. The second-order valence-corrected chi connectivity index (χ2v) is 4.24. The van der Waals surface area contributed by atoms with Crippen molar-refractivity contribution in [3.8, 4) is 5.75 Å². The smallest absolute Gasteiger partial charge is 0.253 e. The van der Waals surface area contributed by atoms with E-state index >= 15 is 0 Å². The van der Waals surface area contributed by atoms with E-state index < -0.39 is 0 Å². The summed E-state index contributed by atoms with van der Waals surface area (Å²) >= 11 is 0. The fourth-order valence-corrected chi connectivity index (χ4v) is 1.58. The van der Waals surface area contributed by atoms with Crippen LogP contribution < -0.4 is 10.1 Å². The molecule has 1 aromatic carbocycles. The van der Waals surface area contributed by atoms with Gasteiger partial charge in [0.25, 0.3) is 5.91 Å². The van der Waals surface area contributed by atoms with Crippen molar-refractivity contribution in [2.75, 3.05) is 6.61 Å². The lowest BCUT2D eigenvalue weighted by Crippen LogP contribution is -2.36. The minimum atomic E-state index is -0.141. The quantitative estimate of drug-likeness (QED) is 0.893. The van der Waals surface area contributed by atoms with E-state index in [0.717, 1.165) is 5.75 Å². The highest BCUT2D eigenvalue weighted by Crippen LogP contribution is 2.08. The van der Waals surface area contributed by atoms with Crippen LogP contribution in [-0.2, 0) is 0 Å². The number of nitrogens with zero attached hydrogens (tertiary/aromatic N) is 1. The molecule has 0 saturated heterocycles. The number of rotatable bonds is 5. The molecular formula is C15H16N2O2. The first kappa shape index (κ1) is 13.1. The van der Waals surface area contributed by atoms with Crippen LogP contribution in [0.3, 0.4) is 0 Å². The van der Waals surface area contributed by atoms with Gasteiger partial charge in [-0.25, -0.2) is 0 Å². The van der Waals surface area contributed by atoms with Gasteiger partial charge >= 0.3 is 0 Å². The molecule has 0 bridgehead atoms. The molecule has 0 aliphatic heterocycles. The fourth-order valence-electron chi connectivity index (χ4n) is 1.58. The summed E-state index contributed by atoms with van der Waals surface area (Å²) in [5, 5.41) is 2.86. The maximum Gasteiger partial charge on any atom is 0.253 e. The molecule has 0 saturated carbocycles. The predicted molar refractivity (Wildman–Crippen MR) is 73.1 cm³/mol. The highest BCUT2D eigenvalue weighted by Gasteiger charge is 2.09. The van der Waals surface area contributed by atoms with Gasteiger partial charge in [-0.3, -0.25) is 9.78 Å². The number of nitrogens with one attached hydrogen (secondary N) is 1. The molecule has 1 atom stereocenters. The summed E-state index contributed by atoms with van der Waals surface area (Å²) < 4.78 is 5.57. The van der Waals surface area contributed by atoms with Gasteiger partial charge in [-0.15, -0.1) is 0 Å². The predicted octanol–water partition coefficient (Wildman–Crippen LogP) is 2.28. The van der Waals surface area contributed by atoms with Gasteiger partial charge < -0.3 is 10.1 Å². The van der Waals surface area contributed by atoms with E-state index in [1.54, 1.807) is 24.5 Å². The molecule has 1 amide bonds. The first-order valence-electron chi connectivity index (χ1n) is 6.14. The minimum Gasteiger partial charge on any atom is -0.491 e. The van der Waals surface area contributed by atoms with Gasteiger partial charge in [-0.1, -0.05) is 18.2 Å². The topological polar surface area (TPSA) is 51.2 Å². The molecule has 1 aromatic heterocycles. The molecule has 0 aliphatic rings. The lowest BCUT2D eigenvalue weighted by Gasteiger charge is -2.14. The van der Waals surface area contributed by atoms with Crippen LogP contribution in [0.5, 0.6) is 5.75 Å². The van der Waals surface area contributed by atoms with E-state index in [-0.39, 0.29) is 11.9 Å². The summed E-state index contributed by atoms with van der Waals surface area (Å²) in [7, 11) is 0. The molecule has 4 nitrogen and oxygen atoms in total. The number of hydrogen-bond acceptors (Lipinski definition) is 3. The summed E-state index contributed by atoms with van der Waals surface area (Å²) in [6.45, 7) is 2.33. The molecule has 2 aromatic rings. The molecular weight excluding hydrogens is 240 g/mol. The number of amides is 1. The van der Waals surface area contributed by atoms with Crippen molar-refractivity contribution in [3.05, 3.63) is 60.4 Å². The van der Waals surface area contributed by atoms with Gasteiger partial charge in [0.2, 0.25) is 0 Å². The second kappa shape index (κ2) is 6.54. The molecule has 98 valence electrons. The normalized spacial score (nSPS) is 11.6. The van der Waals surface area contributed by atoms with Crippen LogP contribution in [0.15, 0.2) is 54.9 Å². The molecule has 2 rings (SSSR count). The Morgan fingerprint density at radius 3 is 2.74 bits per heavy atom. The third kappa shape index (κ3) is 4.10. The van der Waals surface area contributed by atoms with Crippen LogP contribution in [0.2, 0.25) is 0 Å². The Bertz CT molecular complexity index is 514. The van der Waals surface area contributed by atoms with Crippen LogP contribution in [0.1, 0.15) is 17.3 Å². The van der Waals surface area contributed by atoms with Crippen molar-refractivity contribution in [2.45, 2.75) is 13.0 Å². The minimum absolute atomic E-state index is 0.0760. The highest BCUT2D eigenvalue weighted by atomic mass is 16.5. The zero-order valence-electron chi connectivity index (χ0n) is 10.7. The molecule has 19 heavy (non-hydrogen) atoms. The number of hydrogen-bond donors (Lipinski definition) is 1. The highest BCUT2D eigenvalue weighted by molar-refractivity contribution is 5.93. The number of benzene rings is 1. The molecule has 0 radical (unpaired) electrons. The number of para-hydroxylation sites is 1. The van der Waals surface area contributed by atoms with Gasteiger partial charge in [0.05, 0.1) is 11.6 Å². The van der Waals surface area contributed by atoms with Crippen molar-refractivity contribution in [1.29, 1.82) is 0 Å². The van der Waals surface area contributed by atoms with E-state index in [4.69, 9.17) is 4.74 Å². The summed E-state index contributed by atoms with van der Waals surface area (Å²) in [6.07, 6.45) is 3.18. The van der Waals surface area contributed by atoms with Crippen LogP contribution in [0.25, 0.3) is 0 Å². The number of pyridine rings is 1. The third-order valence-corrected chi connectivity index (χ3v) is 2.54. The van der Waals surface area contributed by atoms with Crippen molar-refractivity contribution in [2.24, 2.45) is 0 Å². The lowest BCUT2D eigenvalue weighted by atomic mass is 10.2. The van der Waals surface area contributed by atoms with E-state index in [1.165, 1.54) is 0 Å². The first-order valence-corrected chi connectivity index (χ1v) is 6.14. The Kier molecular flexibility index (Phi) is 4.50. The van der Waals surface area contributed by atoms with E-state index in [1.807, 2.05) is 37.3 Å². The Balaban J connectivity index is 1.81. The van der Waals surface area contributed by atoms with E-state index in [0.29, 0.717) is 12.2 Å². The maximum atomic E-state index is 11.9. The fraction of sp³-hybridized carbons (Fsp3) is 0.200. The van der Waals surface area contributed by atoms with Crippen LogP contribution in [0, 0.1) is 0 Å². The molecule has 1 heterocycles. The van der Waals surface area contributed by atoms with E-state index in [9.17, 15) is 4.79 Å². The number of aromatic nitrogens is 1. The first-order chi connectivity index (χ1) is 9.25. The van der Waals surface area contributed by atoms with Gasteiger partial charge in [0.15, 0.2) is 0 Å². The lowest BCUT2D eigenvalue weighted by molar-refractivity contribution is 0.0926. The Morgan fingerprint density at radius 2 is 2.05 bits per heavy atom. The van der Waals surface area contributed by atoms with Gasteiger partial charge in [0, 0.05) is 12.4 Å². The maximum absolute atomic E-state index is 11.9. The van der Waals surface area contributed by atoms with Crippen molar-refractivity contribution in [3.63, 3.8) is 0 Å². The second-order valence-electron chi connectivity index (χ2n) is 4.24. The average Bonchev–Trinajstić information content (AvgIpc) is 2.47. The number of carbonyl (C=O) groups is 1. The van der Waals surface area contributed by atoms with Gasteiger partial charge in [0.1, 0.15) is 12.4 Å². The van der Waals surface area contributed by atoms with Crippen LogP contribution in [0.4, 0.5) is 0 Å². The SMILES string of the molecule is CC(COc1ccccc1)NC(=O)c1cccnc1. The molecule has 0 aliphatic carbocycles. The van der Waals surface area contributed by atoms with Gasteiger partial charge in [-0.2, -0.15) is 0 Å². The summed E-state index contributed by atoms with van der Waals surface area (Å²) in [6, 6.07) is 12.9. The molecule has 1 unspecified atom stereocenters. The third-order valence-electron chi connectivity index (χ3n) is 2.54. The molecule has 0 fully saturated rings. The zero-order valence-corrected chi connectivity index (χ0v) is 10.7. The number of carbonyl (C=O) groups excluding carboxylic acids is 1. The average molecular weight is 256 g/mol. The van der Waals surface area contributed by atoms with Crippen LogP contribution in [-0.4, -0.2) is 23.5 Å². The van der Waals surface area contributed by atoms with Crippen molar-refractivity contribution >= 4 is 5.91 Å². The largest absolute Gasteiger partial charge is 0.491 e. The van der Waals surface area contributed by atoms with Gasteiger partial charge in [-0.05, 0) is 31.2 Å². The van der Waals surface area contributed by atoms with Crippen LogP contribution >= 0.6 is 0 Å². The molecule has 4 heteroatoms. The summed E-state index contributed by atoms with van der Waals surface area (Å²) in [5.41, 5.74) is 0.550. The molecule has 0 spiro atoms. The Labute approximate surface area is 112 Å². The standard InChI is InChI=1S/C15H16N2O2/c1-12(11-19-14-7-3-2-4-8-14)17-15(18)13-6-5-9-16-10-13/h2-10,12H,11H2,1H3,(H,17,18). The van der Waals surface area contributed by atoms with Crippen molar-refractivity contribution < 1.29 is 9.53 Å². The van der Waals surface area contributed by atoms with E-state index in [2.05, 4.69) is 10.3 Å². The monoisotopic (exact) mass is 256 g/mol. The Morgan fingerprint density at radius 1 is 1.26 bits per heavy atom. The van der Waals surface area contributed by atoms with Crippen molar-refractivity contribution in [1.82, 2.24) is 10.3 Å². The summed E-state index contributed by atoms with van der Waals surface area (Å²) in [5.74, 6) is 0.655. The number of ether oxygens (including phenoxy) is 1. The Hall–Kier alpha value is -2.36. The molecule has 1 N–H and O–H groups in total.